The van der Waals surface area contributed by atoms with Crippen LogP contribution in [0, 0.1) is 0 Å². The van der Waals surface area contributed by atoms with E-state index in [0.29, 0.717) is 0 Å². The minimum absolute atomic E-state index is 0.0764. The van der Waals surface area contributed by atoms with Crippen molar-refractivity contribution in [3.63, 3.8) is 0 Å². The van der Waals surface area contributed by atoms with Crippen molar-refractivity contribution < 1.29 is 36.3 Å². The third kappa shape index (κ3) is 4.84. The van der Waals surface area contributed by atoms with E-state index in [1.54, 1.807) is 12.1 Å². The zero-order chi connectivity index (χ0) is 11.1. The Morgan fingerprint density at radius 2 is 1.07 bits per heavy atom. The van der Waals surface area contributed by atoms with Gasteiger partial charge in [-0.1, -0.05) is 12.1 Å². The molecule has 0 spiro atoms. The molecular formula is C12H11HgO2. The molecule has 2 nitrogen and oxygen atoms in total. The second-order valence-electron chi connectivity index (χ2n) is 2.97. The number of para-hydroxylation sites is 2. The molecule has 2 rings (SSSR count). The molecule has 0 aliphatic carbocycles. The Kier molecular flexibility index (Phi) is 5.19. The Morgan fingerprint density at radius 3 is 1.33 bits per heavy atom. The minimum atomic E-state index is -0.0764. The van der Waals surface area contributed by atoms with E-state index in [1.165, 1.54) is 15.2 Å². The predicted molar refractivity (Wildman–Crippen MR) is 55.8 cm³/mol. The first-order chi connectivity index (χ1) is 7.20. The summed E-state index contributed by atoms with van der Waals surface area (Å²) >= 11 is 0.810. The van der Waals surface area contributed by atoms with Crippen molar-refractivity contribution in [2.24, 2.45) is 0 Å². The van der Waals surface area contributed by atoms with E-state index < -0.39 is 0 Å². The molecule has 2 aromatic carbocycles. The van der Waals surface area contributed by atoms with E-state index in [0.717, 1.165) is 26.1 Å². The van der Waals surface area contributed by atoms with Crippen LogP contribution in [0.5, 0.6) is 11.5 Å². The third-order valence-corrected chi connectivity index (χ3v) is 3.56. The molecule has 0 aromatic heterocycles. The van der Waals surface area contributed by atoms with E-state index in [2.05, 4.69) is 30.3 Å². The molecule has 0 aliphatic heterocycles. The molecule has 3 heteroatoms. The second kappa shape index (κ2) is 6.46. The number of hydrogen-bond acceptors (Lipinski definition) is 2. The summed E-state index contributed by atoms with van der Waals surface area (Å²) in [4.78, 5) is 0. The molecule has 0 saturated carbocycles. The Labute approximate surface area is 105 Å². The van der Waals surface area contributed by atoms with Gasteiger partial charge >= 0.3 is 59.5 Å². The zero-order valence-corrected chi connectivity index (χ0v) is 13.8. The Bertz CT molecular complexity index is 380. The normalized spacial score (nSPS) is 8.93. The number of rotatable bonds is 0. The number of aromatic hydroxyl groups is 2. The molecule has 0 aliphatic rings. The van der Waals surface area contributed by atoms with Gasteiger partial charge in [0.25, 0.3) is 0 Å². The molecule has 0 saturated heterocycles. The van der Waals surface area contributed by atoms with Crippen LogP contribution in [-0.4, -0.2) is 10.2 Å². The van der Waals surface area contributed by atoms with Gasteiger partial charge in [-0.25, -0.2) is 0 Å². The van der Waals surface area contributed by atoms with Gasteiger partial charge in [0.15, 0.2) is 11.5 Å². The Hall–Kier alpha value is -1.02. The first-order valence-electron chi connectivity index (χ1n) is 4.54. The summed E-state index contributed by atoms with van der Waals surface area (Å²) in [5.74, 6) is -0.153. The molecule has 0 bridgehead atoms. The topological polar surface area (TPSA) is 40.5 Å². The Balaban J connectivity index is 0.000000151. The molecule has 2 aromatic rings. The van der Waals surface area contributed by atoms with Gasteiger partial charge in [-0.15, -0.1) is 0 Å². The van der Waals surface area contributed by atoms with Crippen molar-refractivity contribution in [3.8, 4) is 11.5 Å². The average Bonchev–Trinajstić information content (AvgIpc) is 2.25. The summed E-state index contributed by atoms with van der Waals surface area (Å²) in [6, 6.07) is 16.7. The van der Waals surface area contributed by atoms with Crippen LogP contribution in [-0.2, 0) is 26.1 Å². The molecule has 0 atom stereocenters. The zero-order valence-electron chi connectivity index (χ0n) is 8.30. The molecule has 2 N–H and O–H groups in total. The van der Waals surface area contributed by atoms with Crippen molar-refractivity contribution in [1.82, 2.24) is 0 Å². The first-order valence-corrected chi connectivity index (χ1v) is 7.29. The van der Waals surface area contributed by atoms with Gasteiger partial charge in [-0.05, 0) is 12.1 Å². The molecule has 0 amide bonds. The van der Waals surface area contributed by atoms with Gasteiger partial charge in [-0.2, -0.15) is 0 Å². The summed E-state index contributed by atoms with van der Waals surface area (Å²) in [5, 5.41) is 17.3. The average molecular weight is 388 g/mol. The van der Waals surface area contributed by atoms with Gasteiger partial charge in [-0.3, -0.25) is 0 Å². The van der Waals surface area contributed by atoms with E-state index in [1.807, 2.05) is 0 Å². The van der Waals surface area contributed by atoms with Gasteiger partial charge in [0, 0.05) is 0 Å². The van der Waals surface area contributed by atoms with Gasteiger partial charge in [0.05, 0.1) is 0 Å². The van der Waals surface area contributed by atoms with E-state index in [-0.39, 0.29) is 11.5 Å². The van der Waals surface area contributed by atoms with Crippen LogP contribution in [0.2, 0.25) is 0 Å². The Morgan fingerprint density at radius 1 is 0.667 bits per heavy atom. The van der Waals surface area contributed by atoms with E-state index in [4.69, 9.17) is 10.2 Å². The maximum absolute atomic E-state index is 8.67. The van der Waals surface area contributed by atoms with Crippen LogP contribution in [0.15, 0.2) is 54.6 Å². The SMILES string of the molecule is Oc1ccccc1O.[Hg][c]1ccccc1. The van der Waals surface area contributed by atoms with Crippen LogP contribution < -0.4 is 3.07 Å². The van der Waals surface area contributed by atoms with Gasteiger partial charge in [0.1, 0.15) is 0 Å². The van der Waals surface area contributed by atoms with Crippen LogP contribution in [0.4, 0.5) is 0 Å². The molecular weight excluding hydrogens is 377 g/mol. The van der Waals surface area contributed by atoms with Gasteiger partial charge < -0.3 is 10.2 Å². The van der Waals surface area contributed by atoms with Crippen LogP contribution >= 0.6 is 0 Å². The van der Waals surface area contributed by atoms with Gasteiger partial charge in [0.2, 0.25) is 0 Å². The fraction of sp³-hybridized carbons (Fsp3) is 0. The van der Waals surface area contributed by atoms with Crippen molar-refractivity contribution in [2.75, 3.05) is 0 Å². The second-order valence-corrected chi connectivity index (χ2v) is 6.15. The molecule has 15 heavy (non-hydrogen) atoms. The summed E-state index contributed by atoms with van der Waals surface area (Å²) in [7, 11) is 0. The number of phenols is 2. The summed E-state index contributed by atoms with van der Waals surface area (Å²) < 4.78 is 1.52. The van der Waals surface area contributed by atoms with Crippen molar-refractivity contribution in [3.05, 3.63) is 54.6 Å². The standard InChI is InChI=1S/C6H6O2.C6H5.Hg/c7-5-3-1-2-4-6(5)8;1-2-4-6-5-3-1;/h1-4,7-8H;1-5H;. The van der Waals surface area contributed by atoms with Crippen LogP contribution in [0.25, 0.3) is 0 Å². The first kappa shape index (κ1) is 12.0. The third-order valence-electron chi connectivity index (χ3n) is 1.72. The molecule has 0 heterocycles. The van der Waals surface area contributed by atoms with Crippen LogP contribution in [0.1, 0.15) is 0 Å². The summed E-state index contributed by atoms with van der Waals surface area (Å²) in [6.45, 7) is 0. The summed E-state index contributed by atoms with van der Waals surface area (Å²) in [5.41, 5.74) is 0. The fourth-order valence-electron chi connectivity index (χ4n) is 0.942. The predicted octanol–water partition coefficient (Wildman–Crippen LogP) is 1.96. The fourth-order valence-corrected chi connectivity index (χ4v) is 2.00. The molecule has 0 radical (unpaired) electrons. The van der Waals surface area contributed by atoms with Crippen molar-refractivity contribution in [2.45, 2.75) is 0 Å². The monoisotopic (exact) mass is 389 g/mol. The van der Waals surface area contributed by atoms with Crippen molar-refractivity contribution >= 4 is 3.07 Å². The molecule has 0 fully saturated rings. The number of phenolic OH excluding ortho intramolecular Hbond substituents is 2. The molecule has 73 valence electrons. The quantitative estimate of drug-likeness (QED) is 0.536. The summed E-state index contributed by atoms with van der Waals surface area (Å²) in [6.07, 6.45) is 0. The van der Waals surface area contributed by atoms with E-state index in [9.17, 15) is 0 Å². The van der Waals surface area contributed by atoms with E-state index >= 15 is 0 Å². The van der Waals surface area contributed by atoms with Crippen molar-refractivity contribution in [1.29, 1.82) is 0 Å². The number of hydrogen-bond donors (Lipinski definition) is 2. The number of benzene rings is 2. The van der Waals surface area contributed by atoms with Crippen LogP contribution in [0.3, 0.4) is 0 Å². The molecule has 0 unspecified atom stereocenters. The maximum atomic E-state index is 8.67.